The molecule has 0 aliphatic carbocycles. The van der Waals surface area contributed by atoms with Crippen molar-refractivity contribution in [2.75, 3.05) is 10.6 Å². The molecule has 2 aromatic carbocycles. The summed E-state index contributed by atoms with van der Waals surface area (Å²) in [5.74, 6) is -2.55. The van der Waals surface area contributed by atoms with Crippen LogP contribution in [-0.4, -0.2) is 11.9 Å². The number of nitrogen functional groups attached to an aromatic ring is 1. The summed E-state index contributed by atoms with van der Waals surface area (Å²) in [5.41, 5.74) is 7.44. The second-order valence-corrected chi connectivity index (χ2v) is 5.21. The summed E-state index contributed by atoms with van der Waals surface area (Å²) >= 11 is 0. The third-order valence-electron chi connectivity index (χ3n) is 3.75. The van der Waals surface area contributed by atoms with Gasteiger partial charge in [-0.2, -0.15) is 0 Å². The number of anilines is 2. The lowest BCUT2D eigenvalue weighted by molar-refractivity contribution is 0.0982. The van der Waals surface area contributed by atoms with Gasteiger partial charge in [0, 0.05) is 23.5 Å². The highest BCUT2D eigenvalue weighted by Gasteiger charge is 2.32. The van der Waals surface area contributed by atoms with Crippen molar-refractivity contribution in [3.8, 4) is 0 Å². The number of amides is 1. The van der Waals surface area contributed by atoms with E-state index >= 15 is 0 Å². The quantitative estimate of drug-likeness (QED) is 0.819. The molecule has 0 saturated heterocycles. The van der Waals surface area contributed by atoms with Gasteiger partial charge in [0.15, 0.2) is 11.6 Å². The van der Waals surface area contributed by atoms with E-state index in [9.17, 15) is 13.6 Å². The summed E-state index contributed by atoms with van der Waals surface area (Å²) in [6, 6.07) is 9.19. The number of hydrogen-bond donors (Lipinski definition) is 1. The average molecular weight is 288 g/mol. The van der Waals surface area contributed by atoms with Crippen LogP contribution in [0.3, 0.4) is 0 Å². The molecule has 5 heteroatoms. The number of rotatable bonds is 1. The van der Waals surface area contributed by atoms with E-state index in [1.165, 1.54) is 0 Å². The summed E-state index contributed by atoms with van der Waals surface area (Å²) in [5, 5.41) is 0. The number of halogens is 2. The molecule has 3 nitrogen and oxygen atoms in total. The molecule has 2 aromatic rings. The Labute approximate surface area is 121 Å². The lowest BCUT2D eigenvalue weighted by atomic mass is 10.1. The van der Waals surface area contributed by atoms with Gasteiger partial charge in [0.2, 0.25) is 0 Å². The Hall–Kier alpha value is -2.43. The van der Waals surface area contributed by atoms with Crippen LogP contribution in [0.4, 0.5) is 20.2 Å². The van der Waals surface area contributed by atoms with E-state index in [1.807, 2.05) is 31.2 Å². The average Bonchev–Trinajstić information content (AvgIpc) is 2.78. The Balaban J connectivity index is 2.05. The van der Waals surface area contributed by atoms with Crippen molar-refractivity contribution in [1.82, 2.24) is 0 Å². The standard InChI is InChI=1S/C16H14F2N2O/c1-9-6-10-4-2-3-5-15(10)20(9)16(21)11-7-12(17)13(18)8-14(11)19/h2-5,7-9H,6,19H2,1H3. The van der Waals surface area contributed by atoms with Crippen LogP contribution in [-0.2, 0) is 6.42 Å². The highest BCUT2D eigenvalue weighted by atomic mass is 19.2. The van der Waals surface area contributed by atoms with E-state index in [1.54, 1.807) is 4.90 Å². The Morgan fingerprint density at radius 2 is 1.90 bits per heavy atom. The highest BCUT2D eigenvalue weighted by molar-refractivity contribution is 6.10. The van der Waals surface area contributed by atoms with Crippen molar-refractivity contribution in [2.45, 2.75) is 19.4 Å². The monoisotopic (exact) mass is 288 g/mol. The van der Waals surface area contributed by atoms with Crippen LogP contribution < -0.4 is 10.6 Å². The third kappa shape index (κ3) is 2.14. The van der Waals surface area contributed by atoms with Crippen LogP contribution in [0, 0.1) is 11.6 Å². The smallest absolute Gasteiger partial charge is 0.260 e. The number of fused-ring (bicyclic) bond motifs is 1. The van der Waals surface area contributed by atoms with Crippen LogP contribution in [0.15, 0.2) is 36.4 Å². The van der Waals surface area contributed by atoms with Gasteiger partial charge in [-0.25, -0.2) is 8.78 Å². The van der Waals surface area contributed by atoms with Gasteiger partial charge < -0.3 is 10.6 Å². The molecule has 0 spiro atoms. The maximum Gasteiger partial charge on any atom is 0.260 e. The molecule has 0 bridgehead atoms. The third-order valence-corrected chi connectivity index (χ3v) is 3.75. The zero-order valence-electron chi connectivity index (χ0n) is 11.4. The second-order valence-electron chi connectivity index (χ2n) is 5.21. The van der Waals surface area contributed by atoms with Crippen molar-refractivity contribution in [3.05, 3.63) is 59.2 Å². The molecule has 1 aliphatic rings. The molecular formula is C16H14F2N2O. The minimum absolute atomic E-state index is 0.0162. The fourth-order valence-corrected chi connectivity index (χ4v) is 2.75. The predicted octanol–water partition coefficient (Wildman–Crippen LogP) is 3.14. The fourth-order valence-electron chi connectivity index (χ4n) is 2.75. The van der Waals surface area contributed by atoms with Crippen molar-refractivity contribution < 1.29 is 13.6 Å². The van der Waals surface area contributed by atoms with Gasteiger partial charge >= 0.3 is 0 Å². The first kappa shape index (κ1) is 13.5. The molecule has 1 atom stereocenters. The number of para-hydroxylation sites is 1. The summed E-state index contributed by atoms with van der Waals surface area (Å²) in [7, 11) is 0. The molecule has 1 aliphatic heterocycles. The summed E-state index contributed by atoms with van der Waals surface area (Å²) < 4.78 is 26.5. The number of nitrogens with zero attached hydrogens (tertiary/aromatic N) is 1. The molecule has 0 saturated carbocycles. The van der Waals surface area contributed by atoms with Crippen LogP contribution in [0.2, 0.25) is 0 Å². The first-order valence-electron chi connectivity index (χ1n) is 6.65. The van der Waals surface area contributed by atoms with Crippen molar-refractivity contribution in [1.29, 1.82) is 0 Å². The Morgan fingerprint density at radius 3 is 2.67 bits per heavy atom. The Bertz CT molecular complexity index is 730. The zero-order chi connectivity index (χ0) is 15.1. The maximum atomic E-state index is 13.4. The van der Waals surface area contributed by atoms with Crippen LogP contribution >= 0.6 is 0 Å². The fraction of sp³-hybridized carbons (Fsp3) is 0.188. The number of carbonyl (C=O) groups is 1. The number of carbonyl (C=O) groups excluding carboxylic acids is 1. The summed E-state index contributed by atoms with van der Waals surface area (Å²) in [4.78, 5) is 14.2. The molecule has 2 N–H and O–H groups in total. The van der Waals surface area contributed by atoms with Crippen molar-refractivity contribution in [3.63, 3.8) is 0 Å². The lowest BCUT2D eigenvalue weighted by Crippen LogP contribution is -2.36. The summed E-state index contributed by atoms with van der Waals surface area (Å²) in [6.45, 7) is 1.91. The Kier molecular flexibility index (Phi) is 3.12. The first-order valence-corrected chi connectivity index (χ1v) is 6.65. The van der Waals surface area contributed by atoms with Gasteiger partial charge in [-0.05, 0) is 31.0 Å². The molecule has 108 valence electrons. The lowest BCUT2D eigenvalue weighted by Gasteiger charge is -2.23. The molecule has 21 heavy (non-hydrogen) atoms. The van der Waals surface area contributed by atoms with Gasteiger partial charge in [0.1, 0.15) is 0 Å². The zero-order valence-corrected chi connectivity index (χ0v) is 11.4. The van der Waals surface area contributed by atoms with Crippen LogP contribution in [0.1, 0.15) is 22.8 Å². The maximum absolute atomic E-state index is 13.4. The van der Waals surface area contributed by atoms with Gasteiger partial charge in [-0.1, -0.05) is 18.2 Å². The largest absolute Gasteiger partial charge is 0.398 e. The minimum Gasteiger partial charge on any atom is -0.398 e. The van der Waals surface area contributed by atoms with Crippen LogP contribution in [0.5, 0.6) is 0 Å². The normalized spacial score (nSPS) is 16.9. The SMILES string of the molecule is CC1Cc2ccccc2N1C(=O)c1cc(F)c(F)cc1N. The second kappa shape index (κ2) is 4.84. The van der Waals surface area contributed by atoms with Gasteiger partial charge in [0.25, 0.3) is 5.91 Å². The topological polar surface area (TPSA) is 46.3 Å². The summed E-state index contributed by atoms with van der Waals surface area (Å²) in [6.07, 6.45) is 0.728. The minimum atomic E-state index is -1.08. The molecular weight excluding hydrogens is 274 g/mol. The van der Waals surface area contributed by atoms with Crippen molar-refractivity contribution >= 4 is 17.3 Å². The number of benzene rings is 2. The molecule has 1 amide bonds. The predicted molar refractivity (Wildman–Crippen MR) is 77.2 cm³/mol. The van der Waals surface area contributed by atoms with Crippen LogP contribution in [0.25, 0.3) is 0 Å². The molecule has 3 rings (SSSR count). The Morgan fingerprint density at radius 1 is 1.24 bits per heavy atom. The van der Waals surface area contributed by atoms with E-state index < -0.39 is 17.5 Å². The number of hydrogen-bond acceptors (Lipinski definition) is 2. The van der Waals surface area contributed by atoms with Gasteiger partial charge in [-0.3, -0.25) is 4.79 Å². The molecule has 1 heterocycles. The van der Waals surface area contributed by atoms with E-state index in [0.717, 1.165) is 29.8 Å². The molecule has 0 aromatic heterocycles. The van der Waals surface area contributed by atoms with Crippen molar-refractivity contribution in [2.24, 2.45) is 0 Å². The molecule has 1 unspecified atom stereocenters. The van der Waals surface area contributed by atoms with E-state index in [4.69, 9.17) is 5.73 Å². The van der Waals surface area contributed by atoms with E-state index in [0.29, 0.717) is 0 Å². The highest BCUT2D eigenvalue weighted by Crippen LogP contribution is 2.34. The molecule has 0 fully saturated rings. The van der Waals surface area contributed by atoms with E-state index in [2.05, 4.69) is 0 Å². The first-order chi connectivity index (χ1) is 9.99. The van der Waals surface area contributed by atoms with Gasteiger partial charge in [0.05, 0.1) is 5.56 Å². The molecule has 0 radical (unpaired) electrons. The van der Waals surface area contributed by atoms with Gasteiger partial charge in [-0.15, -0.1) is 0 Å². The number of nitrogens with two attached hydrogens (primary N) is 1. The van der Waals surface area contributed by atoms with E-state index in [-0.39, 0.29) is 17.3 Å².